The van der Waals surface area contributed by atoms with Gasteiger partial charge in [0.25, 0.3) is 0 Å². The van der Waals surface area contributed by atoms with Crippen LogP contribution >= 0.6 is 12.2 Å². The lowest BCUT2D eigenvalue weighted by Gasteiger charge is -2.31. The summed E-state index contributed by atoms with van der Waals surface area (Å²) in [5.41, 5.74) is 2.23. The summed E-state index contributed by atoms with van der Waals surface area (Å²) >= 11 is 5.49. The van der Waals surface area contributed by atoms with Gasteiger partial charge in [-0.1, -0.05) is 26.1 Å². The Morgan fingerprint density at radius 3 is 2.53 bits per heavy atom. The van der Waals surface area contributed by atoms with E-state index in [9.17, 15) is 0 Å². The second-order valence-corrected chi connectivity index (χ2v) is 5.58. The molecule has 1 aromatic heterocycles. The van der Waals surface area contributed by atoms with Gasteiger partial charge in [-0.15, -0.1) is 0 Å². The second-order valence-electron chi connectivity index (χ2n) is 5.19. The third-order valence-electron chi connectivity index (χ3n) is 4.20. The van der Waals surface area contributed by atoms with Crippen LogP contribution < -0.4 is 0 Å². The van der Waals surface area contributed by atoms with E-state index in [1.54, 1.807) is 0 Å². The topological polar surface area (TPSA) is 37.9 Å². The minimum Gasteiger partial charge on any atom is -0.367 e. The Labute approximate surface area is 120 Å². The van der Waals surface area contributed by atoms with Crippen LogP contribution in [0.15, 0.2) is 0 Å². The van der Waals surface area contributed by atoms with E-state index in [4.69, 9.17) is 17.0 Å². The molecule has 1 heterocycles. The van der Waals surface area contributed by atoms with Crippen LogP contribution in [0.25, 0.3) is 0 Å². The number of nitrogens with zero attached hydrogens (tertiary/aromatic N) is 1. The average Bonchev–Trinajstić information content (AvgIpc) is 2.45. The minimum absolute atomic E-state index is 0.311. The van der Waals surface area contributed by atoms with E-state index in [2.05, 4.69) is 23.8 Å². The van der Waals surface area contributed by atoms with Crippen molar-refractivity contribution in [2.75, 3.05) is 6.61 Å². The third-order valence-corrected chi connectivity index (χ3v) is 4.54. The maximum absolute atomic E-state index is 6.02. The Morgan fingerprint density at radius 1 is 1.21 bits per heavy atom. The Bertz CT molecular complexity index is 491. The van der Waals surface area contributed by atoms with E-state index >= 15 is 0 Å². The fourth-order valence-corrected chi connectivity index (χ4v) is 3.29. The number of hydrogen-bond donors (Lipinski definition) is 1. The molecule has 0 amide bonds. The van der Waals surface area contributed by atoms with Gasteiger partial charge in [-0.05, 0) is 45.4 Å². The minimum atomic E-state index is -0.311. The van der Waals surface area contributed by atoms with Crippen LogP contribution in [0.5, 0.6) is 0 Å². The van der Waals surface area contributed by atoms with E-state index in [1.807, 2.05) is 6.92 Å². The van der Waals surface area contributed by atoms with Crippen LogP contribution in [0.4, 0.5) is 0 Å². The SMILES string of the molecule is CCOC(CC)(CC)c1nc(=S)c2c([nH]1)CCCC2. The normalized spacial score (nSPS) is 15.3. The Kier molecular flexibility index (Phi) is 4.74. The van der Waals surface area contributed by atoms with Gasteiger partial charge in [-0.25, -0.2) is 4.98 Å². The van der Waals surface area contributed by atoms with E-state index in [0.717, 1.165) is 36.1 Å². The fourth-order valence-electron chi connectivity index (χ4n) is 2.97. The number of H-pyrrole nitrogens is 1. The molecule has 1 aliphatic carbocycles. The first-order valence-corrected chi connectivity index (χ1v) is 7.84. The van der Waals surface area contributed by atoms with E-state index in [1.165, 1.54) is 24.1 Å². The van der Waals surface area contributed by atoms with Gasteiger partial charge in [0.05, 0.1) is 0 Å². The van der Waals surface area contributed by atoms with Crippen LogP contribution in [0.2, 0.25) is 0 Å². The van der Waals surface area contributed by atoms with E-state index in [-0.39, 0.29) is 5.60 Å². The lowest BCUT2D eigenvalue weighted by Crippen LogP contribution is -2.32. The van der Waals surface area contributed by atoms with Crippen LogP contribution in [-0.4, -0.2) is 16.6 Å². The summed E-state index contributed by atoms with van der Waals surface area (Å²) in [4.78, 5) is 8.18. The molecule has 0 spiro atoms. The van der Waals surface area contributed by atoms with Crippen LogP contribution in [0.3, 0.4) is 0 Å². The van der Waals surface area contributed by atoms with Crippen molar-refractivity contribution < 1.29 is 4.74 Å². The molecule has 106 valence electrons. The van der Waals surface area contributed by atoms with Crippen molar-refractivity contribution in [1.82, 2.24) is 9.97 Å². The number of aromatic nitrogens is 2. The van der Waals surface area contributed by atoms with Crippen molar-refractivity contribution in [2.45, 2.75) is 64.9 Å². The van der Waals surface area contributed by atoms with E-state index < -0.39 is 0 Å². The monoisotopic (exact) mass is 280 g/mol. The number of fused-ring (bicyclic) bond motifs is 1. The van der Waals surface area contributed by atoms with Crippen LogP contribution in [0, 0.1) is 4.64 Å². The summed E-state index contributed by atoms with van der Waals surface area (Å²) in [6.07, 6.45) is 6.44. The summed E-state index contributed by atoms with van der Waals surface area (Å²) in [7, 11) is 0. The van der Waals surface area contributed by atoms with Gasteiger partial charge in [0.2, 0.25) is 0 Å². The first kappa shape index (κ1) is 14.7. The maximum atomic E-state index is 6.02. The van der Waals surface area contributed by atoms with Crippen molar-refractivity contribution in [2.24, 2.45) is 0 Å². The van der Waals surface area contributed by atoms with Crippen molar-refractivity contribution in [3.63, 3.8) is 0 Å². The largest absolute Gasteiger partial charge is 0.367 e. The Morgan fingerprint density at radius 2 is 1.89 bits per heavy atom. The molecule has 0 atom stereocenters. The molecular weight excluding hydrogens is 256 g/mol. The first-order valence-electron chi connectivity index (χ1n) is 7.43. The highest BCUT2D eigenvalue weighted by Crippen LogP contribution is 2.32. The molecule has 4 heteroatoms. The first-order chi connectivity index (χ1) is 9.16. The highest BCUT2D eigenvalue weighted by Gasteiger charge is 2.32. The highest BCUT2D eigenvalue weighted by molar-refractivity contribution is 7.71. The smallest absolute Gasteiger partial charge is 0.140 e. The predicted octanol–water partition coefficient (Wildman–Crippen LogP) is 4.07. The molecule has 1 aromatic rings. The summed E-state index contributed by atoms with van der Waals surface area (Å²) in [6, 6.07) is 0. The molecule has 0 saturated carbocycles. The Hall–Kier alpha value is -0.740. The maximum Gasteiger partial charge on any atom is 0.140 e. The molecule has 19 heavy (non-hydrogen) atoms. The molecule has 0 fully saturated rings. The number of ether oxygens (including phenoxy) is 1. The zero-order valence-corrected chi connectivity index (χ0v) is 13.0. The summed E-state index contributed by atoms with van der Waals surface area (Å²) < 4.78 is 6.79. The molecule has 0 aromatic carbocycles. The molecule has 0 saturated heterocycles. The number of rotatable bonds is 5. The van der Waals surface area contributed by atoms with Gasteiger partial charge in [0.15, 0.2) is 0 Å². The molecular formula is C15H24N2OS. The molecule has 1 aliphatic rings. The lowest BCUT2D eigenvalue weighted by molar-refractivity contribution is -0.0574. The third kappa shape index (κ3) is 2.75. The molecule has 2 rings (SSSR count). The Balaban J connectivity index is 2.49. The molecule has 0 unspecified atom stereocenters. The summed E-state index contributed by atoms with van der Waals surface area (Å²) in [5, 5.41) is 0. The van der Waals surface area contributed by atoms with Gasteiger partial charge in [-0.3, -0.25) is 0 Å². The van der Waals surface area contributed by atoms with Crippen molar-refractivity contribution in [3.05, 3.63) is 21.7 Å². The van der Waals surface area contributed by atoms with Crippen molar-refractivity contribution in [1.29, 1.82) is 0 Å². The second kappa shape index (κ2) is 6.14. The zero-order valence-electron chi connectivity index (χ0n) is 12.2. The standard InChI is InChI=1S/C15H24N2OS/c1-4-15(5-2,18-6-3)14-16-12-10-8-7-9-11(12)13(19)17-14/h4-10H2,1-3H3,(H,16,17,19). The average molecular weight is 280 g/mol. The fraction of sp³-hybridized carbons (Fsp3) is 0.733. The molecule has 0 aliphatic heterocycles. The number of aryl methyl sites for hydroxylation is 1. The van der Waals surface area contributed by atoms with Crippen molar-refractivity contribution in [3.8, 4) is 0 Å². The van der Waals surface area contributed by atoms with Gasteiger partial charge in [0, 0.05) is 17.9 Å². The van der Waals surface area contributed by atoms with Crippen LogP contribution in [0.1, 0.15) is 63.5 Å². The van der Waals surface area contributed by atoms with Crippen LogP contribution in [-0.2, 0) is 23.2 Å². The highest BCUT2D eigenvalue weighted by atomic mass is 32.1. The number of hydrogen-bond acceptors (Lipinski definition) is 3. The van der Waals surface area contributed by atoms with Gasteiger partial charge >= 0.3 is 0 Å². The van der Waals surface area contributed by atoms with E-state index in [0.29, 0.717) is 6.61 Å². The van der Waals surface area contributed by atoms with Gasteiger partial charge in [-0.2, -0.15) is 0 Å². The lowest BCUT2D eigenvalue weighted by atomic mass is 9.93. The zero-order chi connectivity index (χ0) is 13.9. The number of nitrogens with one attached hydrogen (secondary N) is 1. The molecule has 0 radical (unpaired) electrons. The summed E-state index contributed by atoms with van der Waals surface area (Å²) in [5.74, 6) is 0.921. The predicted molar refractivity (Wildman–Crippen MR) is 79.9 cm³/mol. The van der Waals surface area contributed by atoms with Gasteiger partial charge < -0.3 is 9.72 Å². The van der Waals surface area contributed by atoms with Crippen molar-refractivity contribution >= 4 is 12.2 Å². The molecule has 0 bridgehead atoms. The summed E-state index contributed by atoms with van der Waals surface area (Å²) in [6.45, 7) is 7.03. The molecule has 3 nitrogen and oxygen atoms in total. The quantitative estimate of drug-likeness (QED) is 0.826. The molecule has 1 N–H and O–H groups in total. The van der Waals surface area contributed by atoms with Gasteiger partial charge in [0.1, 0.15) is 16.1 Å². The number of aromatic amines is 1.